The summed E-state index contributed by atoms with van der Waals surface area (Å²) in [5, 5.41) is 12.2. The van der Waals surface area contributed by atoms with Gasteiger partial charge in [-0.3, -0.25) is 0 Å². The van der Waals surface area contributed by atoms with Crippen molar-refractivity contribution in [3.05, 3.63) is 59.7 Å². The lowest BCUT2D eigenvalue weighted by Gasteiger charge is -2.11. The number of methoxy groups -OCH3 is 1. The van der Waals surface area contributed by atoms with Gasteiger partial charge < -0.3 is 19.9 Å². The van der Waals surface area contributed by atoms with Crippen LogP contribution >= 0.6 is 0 Å². The van der Waals surface area contributed by atoms with E-state index in [1.54, 1.807) is 7.11 Å². The number of hydrogen-bond donors (Lipinski definition) is 2. The summed E-state index contributed by atoms with van der Waals surface area (Å²) >= 11 is 0. The van der Waals surface area contributed by atoms with E-state index in [9.17, 15) is 0 Å². The fourth-order valence-corrected chi connectivity index (χ4v) is 2.07. The summed E-state index contributed by atoms with van der Waals surface area (Å²) in [6.07, 6.45) is 0. The van der Waals surface area contributed by atoms with E-state index in [2.05, 4.69) is 11.4 Å². The summed E-state index contributed by atoms with van der Waals surface area (Å²) in [6, 6.07) is 15.8. The number of nitrogens with one attached hydrogen (secondary N) is 1. The second-order valence-electron chi connectivity index (χ2n) is 4.63. The van der Waals surface area contributed by atoms with Gasteiger partial charge in [-0.15, -0.1) is 0 Å². The summed E-state index contributed by atoms with van der Waals surface area (Å²) < 4.78 is 10.7. The van der Waals surface area contributed by atoms with Crippen LogP contribution in [0.25, 0.3) is 0 Å². The highest BCUT2D eigenvalue weighted by Gasteiger charge is 2.03. The maximum atomic E-state index is 8.84. The molecule has 0 atom stereocenters. The van der Waals surface area contributed by atoms with Crippen LogP contribution in [0, 0.1) is 0 Å². The van der Waals surface area contributed by atoms with Crippen LogP contribution in [0.3, 0.4) is 0 Å². The smallest absolute Gasteiger partial charge is 0.123 e. The number of para-hydroxylation sites is 1. The van der Waals surface area contributed by atoms with Crippen LogP contribution < -0.4 is 14.8 Å². The second-order valence-corrected chi connectivity index (χ2v) is 4.63. The molecule has 0 aliphatic carbocycles. The lowest BCUT2D eigenvalue weighted by Crippen LogP contribution is -2.14. The van der Waals surface area contributed by atoms with Crippen molar-refractivity contribution < 1.29 is 14.6 Å². The SMILES string of the molecule is COc1cccc(CNCc2ccccc2OCCO)c1. The van der Waals surface area contributed by atoms with Crippen LogP contribution in [0.4, 0.5) is 0 Å². The van der Waals surface area contributed by atoms with Crippen LogP contribution in [0.1, 0.15) is 11.1 Å². The molecule has 0 amide bonds. The van der Waals surface area contributed by atoms with E-state index in [-0.39, 0.29) is 6.61 Å². The largest absolute Gasteiger partial charge is 0.497 e. The molecule has 2 aromatic rings. The van der Waals surface area contributed by atoms with Gasteiger partial charge in [0.2, 0.25) is 0 Å². The van der Waals surface area contributed by atoms with Gasteiger partial charge in [-0.1, -0.05) is 30.3 Å². The third-order valence-electron chi connectivity index (χ3n) is 3.10. The zero-order chi connectivity index (χ0) is 14.9. The first-order chi connectivity index (χ1) is 10.3. The quantitative estimate of drug-likeness (QED) is 0.782. The molecule has 0 radical (unpaired) electrons. The fraction of sp³-hybridized carbons (Fsp3) is 0.294. The van der Waals surface area contributed by atoms with Gasteiger partial charge >= 0.3 is 0 Å². The Labute approximate surface area is 125 Å². The first-order valence-electron chi connectivity index (χ1n) is 6.98. The van der Waals surface area contributed by atoms with Crippen molar-refractivity contribution in [3.63, 3.8) is 0 Å². The van der Waals surface area contributed by atoms with Crippen molar-refractivity contribution in [2.24, 2.45) is 0 Å². The Hall–Kier alpha value is -2.04. The van der Waals surface area contributed by atoms with Gasteiger partial charge in [-0.25, -0.2) is 0 Å². The molecule has 0 heterocycles. The zero-order valence-electron chi connectivity index (χ0n) is 12.2. The first kappa shape index (κ1) is 15.4. The summed E-state index contributed by atoms with van der Waals surface area (Å²) in [4.78, 5) is 0. The molecule has 2 rings (SSSR count). The Kier molecular flexibility index (Phi) is 6.06. The van der Waals surface area contributed by atoms with Gasteiger partial charge in [0.05, 0.1) is 13.7 Å². The van der Waals surface area contributed by atoms with Crippen LogP contribution in [0.15, 0.2) is 48.5 Å². The van der Waals surface area contributed by atoms with E-state index in [0.717, 1.165) is 23.6 Å². The number of hydrogen-bond acceptors (Lipinski definition) is 4. The summed E-state index contributed by atoms with van der Waals surface area (Å²) in [5.41, 5.74) is 2.25. The van der Waals surface area contributed by atoms with Gasteiger partial charge in [0.15, 0.2) is 0 Å². The van der Waals surface area contributed by atoms with Gasteiger partial charge in [-0.2, -0.15) is 0 Å². The summed E-state index contributed by atoms with van der Waals surface area (Å²) in [6.45, 7) is 1.79. The minimum Gasteiger partial charge on any atom is -0.497 e. The molecule has 0 fully saturated rings. The Morgan fingerprint density at radius 3 is 2.71 bits per heavy atom. The molecular formula is C17H21NO3. The molecule has 4 heteroatoms. The van der Waals surface area contributed by atoms with Crippen LogP contribution in [-0.2, 0) is 13.1 Å². The van der Waals surface area contributed by atoms with E-state index >= 15 is 0 Å². The molecule has 0 aliphatic heterocycles. The average molecular weight is 287 g/mol. The standard InChI is InChI=1S/C17H21NO3/c1-20-16-7-4-5-14(11-16)12-18-13-15-6-2-3-8-17(15)21-10-9-19/h2-8,11,18-19H,9-10,12-13H2,1H3. The maximum Gasteiger partial charge on any atom is 0.123 e. The number of aliphatic hydroxyl groups excluding tert-OH is 1. The fourth-order valence-electron chi connectivity index (χ4n) is 2.07. The number of ether oxygens (including phenoxy) is 2. The van der Waals surface area contributed by atoms with E-state index in [1.165, 1.54) is 5.56 Å². The highest BCUT2D eigenvalue weighted by Crippen LogP contribution is 2.18. The van der Waals surface area contributed by atoms with Crippen molar-refractivity contribution >= 4 is 0 Å². The molecule has 4 nitrogen and oxygen atoms in total. The van der Waals surface area contributed by atoms with Crippen molar-refractivity contribution in [1.29, 1.82) is 0 Å². The molecule has 0 saturated heterocycles. The molecule has 21 heavy (non-hydrogen) atoms. The minimum atomic E-state index is 0.0194. The molecule has 0 saturated carbocycles. The molecule has 2 aromatic carbocycles. The third-order valence-corrected chi connectivity index (χ3v) is 3.10. The highest BCUT2D eigenvalue weighted by molar-refractivity contribution is 5.33. The molecule has 0 aromatic heterocycles. The lowest BCUT2D eigenvalue weighted by atomic mass is 10.2. The highest BCUT2D eigenvalue weighted by atomic mass is 16.5. The van der Waals surface area contributed by atoms with E-state index in [1.807, 2.05) is 42.5 Å². The van der Waals surface area contributed by atoms with Crippen LogP contribution in [0.2, 0.25) is 0 Å². The monoisotopic (exact) mass is 287 g/mol. The van der Waals surface area contributed by atoms with E-state index < -0.39 is 0 Å². The van der Waals surface area contributed by atoms with Crippen molar-refractivity contribution in [1.82, 2.24) is 5.32 Å². The number of rotatable bonds is 8. The summed E-state index contributed by atoms with van der Waals surface area (Å²) in [7, 11) is 1.67. The molecule has 0 bridgehead atoms. The van der Waals surface area contributed by atoms with E-state index in [0.29, 0.717) is 13.2 Å². The van der Waals surface area contributed by atoms with Gasteiger partial charge in [0.1, 0.15) is 18.1 Å². The molecule has 0 aliphatic rings. The van der Waals surface area contributed by atoms with Crippen LogP contribution in [0.5, 0.6) is 11.5 Å². The van der Waals surface area contributed by atoms with E-state index in [4.69, 9.17) is 14.6 Å². The Bertz CT molecular complexity index is 557. The lowest BCUT2D eigenvalue weighted by molar-refractivity contribution is 0.200. The Balaban J connectivity index is 1.90. The minimum absolute atomic E-state index is 0.0194. The molecule has 0 spiro atoms. The first-order valence-corrected chi connectivity index (χ1v) is 6.98. The number of aliphatic hydroxyl groups is 1. The maximum absolute atomic E-state index is 8.84. The van der Waals surface area contributed by atoms with Crippen molar-refractivity contribution in [2.75, 3.05) is 20.3 Å². The van der Waals surface area contributed by atoms with Crippen molar-refractivity contribution in [3.8, 4) is 11.5 Å². The molecule has 2 N–H and O–H groups in total. The Morgan fingerprint density at radius 2 is 1.90 bits per heavy atom. The average Bonchev–Trinajstić information content (AvgIpc) is 2.54. The van der Waals surface area contributed by atoms with Crippen molar-refractivity contribution in [2.45, 2.75) is 13.1 Å². The summed E-state index contributed by atoms with van der Waals surface area (Å²) in [5.74, 6) is 1.67. The third kappa shape index (κ3) is 4.77. The second kappa shape index (κ2) is 8.29. The topological polar surface area (TPSA) is 50.7 Å². The molecule has 0 unspecified atom stereocenters. The Morgan fingerprint density at radius 1 is 1.05 bits per heavy atom. The number of benzene rings is 2. The predicted molar refractivity (Wildman–Crippen MR) is 82.6 cm³/mol. The molecule has 112 valence electrons. The molecular weight excluding hydrogens is 266 g/mol. The predicted octanol–water partition coefficient (Wildman–Crippen LogP) is 2.36. The normalized spacial score (nSPS) is 10.4. The van der Waals surface area contributed by atoms with Crippen LogP contribution in [-0.4, -0.2) is 25.4 Å². The zero-order valence-corrected chi connectivity index (χ0v) is 12.2. The van der Waals surface area contributed by atoms with Gasteiger partial charge in [0, 0.05) is 18.7 Å². The van der Waals surface area contributed by atoms with Gasteiger partial charge in [0.25, 0.3) is 0 Å². The van der Waals surface area contributed by atoms with Gasteiger partial charge in [-0.05, 0) is 23.8 Å².